The highest BCUT2D eigenvalue weighted by molar-refractivity contribution is 5.93. The van der Waals surface area contributed by atoms with E-state index in [1.54, 1.807) is 24.4 Å². The molecule has 0 saturated carbocycles. The second-order valence-corrected chi connectivity index (χ2v) is 5.87. The van der Waals surface area contributed by atoms with Crippen LogP contribution in [-0.4, -0.2) is 20.9 Å². The topological polar surface area (TPSA) is 104 Å². The summed E-state index contributed by atoms with van der Waals surface area (Å²) in [5.41, 5.74) is 2.63. The Hall–Kier alpha value is -3.61. The molecule has 4 rings (SSSR count). The van der Waals surface area contributed by atoms with Gasteiger partial charge in [0.05, 0.1) is 17.2 Å². The maximum Gasteiger partial charge on any atom is 0.323 e. The van der Waals surface area contributed by atoms with E-state index < -0.39 is 0 Å². The molecule has 26 heavy (non-hydrogen) atoms. The molecule has 2 heterocycles. The summed E-state index contributed by atoms with van der Waals surface area (Å²) in [6.07, 6.45) is 2.32. The number of amides is 1. The standard InChI is InChI=1S/C19H16N4O3/c24-17(21-13-6-7-14-15(10-13)23-19(25)22-14)8-9-18-20-11-16(26-18)12-4-2-1-3-5-12/h1-7,10-11H,8-9H2,(H,21,24)(H2,22,23,25). The maximum atomic E-state index is 12.1. The van der Waals surface area contributed by atoms with Crippen LogP contribution in [0.1, 0.15) is 12.3 Å². The van der Waals surface area contributed by atoms with E-state index in [4.69, 9.17) is 4.42 Å². The molecule has 7 heteroatoms. The lowest BCUT2D eigenvalue weighted by Crippen LogP contribution is -2.12. The fourth-order valence-corrected chi connectivity index (χ4v) is 2.72. The van der Waals surface area contributed by atoms with Gasteiger partial charge in [0.15, 0.2) is 11.7 Å². The van der Waals surface area contributed by atoms with Gasteiger partial charge in [0.2, 0.25) is 5.91 Å². The zero-order chi connectivity index (χ0) is 17.9. The predicted molar refractivity (Wildman–Crippen MR) is 97.8 cm³/mol. The van der Waals surface area contributed by atoms with Crippen LogP contribution in [0.2, 0.25) is 0 Å². The zero-order valence-corrected chi connectivity index (χ0v) is 13.8. The van der Waals surface area contributed by atoms with Crippen molar-refractivity contribution in [1.82, 2.24) is 15.0 Å². The van der Waals surface area contributed by atoms with Crippen LogP contribution in [0.15, 0.2) is 63.9 Å². The molecule has 3 N–H and O–H groups in total. The number of nitrogens with zero attached hydrogens (tertiary/aromatic N) is 1. The number of nitrogens with one attached hydrogen (secondary N) is 3. The van der Waals surface area contributed by atoms with Crippen molar-refractivity contribution in [2.75, 3.05) is 5.32 Å². The van der Waals surface area contributed by atoms with Gasteiger partial charge in [-0.15, -0.1) is 0 Å². The van der Waals surface area contributed by atoms with Crippen molar-refractivity contribution in [3.8, 4) is 11.3 Å². The fraction of sp³-hybridized carbons (Fsp3) is 0.105. The molecule has 4 aromatic rings. The minimum absolute atomic E-state index is 0.151. The summed E-state index contributed by atoms with van der Waals surface area (Å²) in [4.78, 5) is 33.0. The molecule has 0 fully saturated rings. The van der Waals surface area contributed by atoms with E-state index in [-0.39, 0.29) is 18.0 Å². The number of imidazole rings is 1. The number of carbonyl (C=O) groups excluding carboxylic acids is 1. The Balaban J connectivity index is 1.37. The van der Waals surface area contributed by atoms with E-state index in [1.807, 2.05) is 30.3 Å². The summed E-state index contributed by atoms with van der Waals surface area (Å²) in [5.74, 6) is 1.05. The number of hydrogen-bond acceptors (Lipinski definition) is 4. The van der Waals surface area contributed by atoms with Gasteiger partial charge in [-0.3, -0.25) is 4.79 Å². The third-order valence-corrected chi connectivity index (χ3v) is 3.98. The number of fused-ring (bicyclic) bond motifs is 1. The summed E-state index contributed by atoms with van der Waals surface area (Å²) in [5, 5.41) is 2.81. The monoisotopic (exact) mass is 348 g/mol. The van der Waals surface area contributed by atoms with Crippen molar-refractivity contribution in [1.29, 1.82) is 0 Å². The molecular weight excluding hydrogens is 332 g/mol. The molecule has 0 aliphatic carbocycles. The van der Waals surface area contributed by atoms with Gasteiger partial charge in [-0.2, -0.15) is 0 Å². The first kappa shape index (κ1) is 15.9. The first-order valence-electron chi connectivity index (χ1n) is 8.19. The molecule has 2 aromatic heterocycles. The Labute approximate surface area is 148 Å². The number of aromatic nitrogens is 3. The van der Waals surface area contributed by atoms with Crippen molar-refractivity contribution in [2.24, 2.45) is 0 Å². The first-order valence-corrected chi connectivity index (χ1v) is 8.19. The molecular formula is C19H16N4O3. The largest absolute Gasteiger partial charge is 0.441 e. The summed E-state index contributed by atoms with van der Waals surface area (Å²) in [7, 11) is 0. The molecule has 0 saturated heterocycles. The summed E-state index contributed by atoms with van der Waals surface area (Å²) >= 11 is 0. The van der Waals surface area contributed by atoms with E-state index in [0.29, 0.717) is 34.8 Å². The third-order valence-electron chi connectivity index (χ3n) is 3.98. The van der Waals surface area contributed by atoms with Crippen molar-refractivity contribution in [3.05, 3.63) is 71.1 Å². The molecule has 7 nitrogen and oxygen atoms in total. The molecule has 0 aliphatic heterocycles. The molecule has 0 atom stereocenters. The van der Waals surface area contributed by atoms with Crippen LogP contribution >= 0.6 is 0 Å². The van der Waals surface area contributed by atoms with Crippen LogP contribution in [-0.2, 0) is 11.2 Å². The highest BCUT2D eigenvalue weighted by Gasteiger charge is 2.09. The predicted octanol–water partition coefficient (Wildman–Crippen LogP) is 3.08. The number of anilines is 1. The van der Waals surface area contributed by atoms with Crippen LogP contribution in [0, 0.1) is 0 Å². The summed E-state index contributed by atoms with van der Waals surface area (Å²) in [6, 6.07) is 14.9. The zero-order valence-electron chi connectivity index (χ0n) is 13.8. The first-order chi connectivity index (χ1) is 12.7. The maximum absolute atomic E-state index is 12.1. The molecule has 0 aliphatic rings. The molecule has 2 aromatic carbocycles. The lowest BCUT2D eigenvalue weighted by atomic mass is 10.2. The summed E-state index contributed by atoms with van der Waals surface area (Å²) in [6.45, 7) is 0. The lowest BCUT2D eigenvalue weighted by Gasteiger charge is -2.04. The molecule has 130 valence electrons. The van der Waals surface area contributed by atoms with Crippen molar-refractivity contribution in [3.63, 3.8) is 0 Å². The summed E-state index contributed by atoms with van der Waals surface area (Å²) < 4.78 is 5.70. The van der Waals surface area contributed by atoms with Crippen molar-refractivity contribution in [2.45, 2.75) is 12.8 Å². The van der Waals surface area contributed by atoms with Crippen LogP contribution in [0.5, 0.6) is 0 Å². The SMILES string of the molecule is O=C(CCc1ncc(-c2ccccc2)o1)Nc1ccc2[nH]c(=O)[nH]c2c1. The number of benzene rings is 2. The average Bonchev–Trinajstić information content (AvgIpc) is 3.26. The molecule has 0 spiro atoms. The second-order valence-electron chi connectivity index (χ2n) is 5.87. The van der Waals surface area contributed by atoms with Crippen LogP contribution in [0.4, 0.5) is 5.69 Å². The number of aromatic amines is 2. The molecule has 0 unspecified atom stereocenters. The number of oxazole rings is 1. The number of aryl methyl sites for hydroxylation is 1. The number of carbonyl (C=O) groups is 1. The Kier molecular flexibility index (Phi) is 4.10. The van der Waals surface area contributed by atoms with E-state index >= 15 is 0 Å². The normalized spacial score (nSPS) is 10.9. The quantitative estimate of drug-likeness (QED) is 0.515. The van der Waals surface area contributed by atoms with Gasteiger partial charge in [-0.1, -0.05) is 30.3 Å². The number of H-pyrrole nitrogens is 2. The van der Waals surface area contributed by atoms with Gasteiger partial charge in [-0.25, -0.2) is 9.78 Å². The Bertz CT molecular complexity index is 1110. The minimum Gasteiger partial charge on any atom is -0.441 e. The van der Waals surface area contributed by atoms with Crippen molar-refractivity contribution >= 4 is 22.6 Å². The molecule has 1 amide bonds. The lowest BCUT2D eigenvalue weighted by molar-refractivity contribution is -0.116. The van der Waals surface area contributed by atoms with Gasteiger partial charge in [-0.05, 0) is 18.2 Å². The molecule has 0 bridgehead atoms. The van der Waals surface area contributed by atoms with E-state index in [9.17, 15) is 9.59 Å². The van der Waals surface area contributed by atoms with Gasteiger partial charge >= 0.3 is 5.69 Å². The van der Waals surface area contributed by atoms with E-state index in [2.05, 4.69) is 20.3 Å². The highest BCUT2D eigenvalue weighted by atomic mass is 16.4. The van der Waals surface area contributed by atoms with Crippen LogP contribution in [0.25, 0.3) is 22.4 Å². The number of rotatable bonds is 5. The molecule has 0 radical (unpaired) electrons. The Morgan fingerprint density at radius 3 is 2.73 bits per heavy atom. The second kappa shape index (κ2) is 6.72. The van der Waals surface area contributed by atoms with Crippen LogP contribution in [0.3, 0.4) is 0 Å². The highest BCUT2D eigenvalue weighted by Crippen LogP contribution is 2.20. The third kappa shape index (κ3) is 3.41. The Morgan fingerprint density at radius 2 is 1.88 bits per heavy atom. The van der Waals surface area contributed by atoms with E-state index in [1.165, 1.54) is 0 Å². The van der Waals surface area contributed by atoms with Gasteiger partial charge in [0.1, 0.15) is 0 Å². The smallest absolute Gasteiger partial charge is 0.323 e. The van der Waals surface area contributed by atoms with Gasteiger partial charge in [0, 0.05) is 24.1 Å². The fourth-order valence-electron chi connectivity index (χ4n) is 2.72. The van der Waals surface area contributed by atoms with Crippen molar-refractivity contribution < 1.29 is 9.21 Å². The number of hydrogen-bond donors (Lipinski definition) is 3. The Morgan fingerprint density at radius 1 is 1.08 bits per heavy atom. The van der Waals surface area contributed by atoms with E-state index in [0.717, 1.165) is 5.56 Å². The minimum atomic E-state index is -0.276. The van der Waals surface area contributed by atoms with Gasteiger partial charge in [0.25, 0.3) is 0 Å². The van der Waals surface area contributed by atoms with Crippen LogP contribution < -0.4 is 11.0 Å². The van der Waals surface area contributed by atoms with Gasteiger partial charge < -0.3 is 19.7 Å². The average molecular weight is 348 g/mol.